The van der Waals surface area contributed by atoms with E-state index >= 15 is 0 Å². The lowest BCUT2D eigenvalue weighted by atomic mass is 9.91. The van der Waals surface area contributed by atoms with Crippen LogP contribution >= 0.6 is 11.6 Å². The molecule has 0 aliphatic rings. The number of alkyl halides is 1. The highest BCUT2D eigenvalue weighted by Crippen LogP contribution is 2.35. The molecule has 0 fully saturated rings. The van der Waals surface area contributed by atoms with Gasteiger partial charge in [-0.1, -0.05) is 20.3 Å². The third kappa shape index (κ3) is 2.72. The molecule has 1 aromatic carbocycles. The molecule has 1 aromatic rings. The highest BCUT2D eigenvalue weighted by atomic mass is 35.5. The quantitative estimate of drug-likeness (QED) is 0.654. The number of benzene rings is 1. The van der Waals surface area contributed by atoms with Crippen molar-refractivity contribution in [1.29, 1.82) is 0 Å². The van der Waals surface area contributed by atoms with E-state index in [1.165, 1.54) is 0 Å². The second-order valence-corrected chi connectivity index (χ2v) is 4.71. The Morgan fingerprint density at radius 1 is 1.27 bits per heavy atom. The molecule has 2 heteroatoms. The summed E-state index contributed by atoms with van der Waals surface area (Å²) in [6.07, 6.45) is 1.03. The molecule has 15 heavy (non-hydrogen) atoms. The van der Waals surface area contributed by atoms with Crippen molar-refractivity contribution in [3.8, 4) is 0 Å². The maximum atomic E-state index is 13.1. The van der Waals surface area contributed by atoms with E-state index in [1.807, 2.05) is 13.8 Å². The summed E-state index contributed by atoms with van der Waals surface area (Å²) in [7, 11) is 0. The van der Waals surface area contributed by atoms with Crippen LogP contribution in [-0.2, 0) is 0 Å². The molecule has 2 atom stereocenters. The lowest BCUT2D eigenvalue weighted by molar-refractivity contribution is 0.537. The zero-order chi connectivity index (χ0) is 11.6. The molecule has 0 saturated heterocycles. The predicted molar refractivity (Wildman–Crippen MR) is 63.9 cm³/mol. The van der Waals surface area contributed by atoms with Crippen LogP contribution in [0.3, 0.4) is 0 Å². The Labute approximate surface area is 96.5 Å². The Morgan fingerprint density at radius 2 is 1.73 bits per heavy atom. The fourth-order valence-corrected chi connectivity index (χ4v) is 2.37. The van der Waals surface area contributed by atoms with Gasteiger partial charge in [0.2, 0.25) is 0 Å². The summed E-state index contributed by atoms with van der Waals surface area (Å²) in [4.78, 5) is 0. The monoisotopic (exact) mass is 228 g/mol. The van der Waals surface area contributed by atoms with Crippen LogP contribution in [0.1, 0.15) is 42.3 Å². The molecule has 0 bridgehead atoms. The number of halogens is 2. The van der Waals surface area contributed by atoms with Crippen LogP contribution in [0.5, 0.6) is 0 Å². The zero-order valence-corrected chi connectivity index (χ0v) is 10.5. The molecular weight excluding hydrogens is 211 g/mol. The first-order chi connectivity index (χ1) is 6.97. The van der Waals surface area contributed by atoms with Crippen LogP contribution in [0, 0.1) is 25.6 Å². The van der Waals surface area contributed by atoms with Gasteiger partial charge in [0.05, 0.1) is 5.38 Å². The minimum Gasteiger partial charge on any atom is -0.207 e. The van der Waals surface area contributed by atoms with Crippen molar-refractivity contribution in [3.05, 3.63) is 34.6 Å². The van der Waals surface area contributed by atoms with Gasteiger partial charge in [-0.05, 0) is 48.6 Å². The van der Waals surface area contributed by atoms with Crippen molar-refractivity contribution in [2.75, 3.05) is 0 Å². The van der Waals surface area contributed by atoms with E-state index in [-0.39, 0.29) is 11.2 Å². The molecule has 0 N–H and O–H groups in total. The van der Waals surface area contributed by atoms with Gasteiger partial charge < -0.3 is 0 Å². The molecule has 0 heterocycles. The first-order valence-electron chi connectivity index (χ1n) is 5.38. The molecule has 0 saturated carbocycles. The lowest BCUT2D eigenvalue weighted by Crippen LogP contribution is -2.07. The van der Waals surface area contributed by atoms with Gasteiger partial charge in [-0.15, -0.1) is 11.6 Å². The molecule has 0 aliphatic heterocycles. The van der Waals surface area contributed by atoms with Crippen molar-refractivity contribution in [3.63, 3.8) is 0 Å². The Bertz CT molecular complexity index is 323. The van der Waals surface area contributed by atoms with E-state index in [0.717, 1.165) is 23.1 Å². The maximum absolute atomic E-state index is 13.1. The van der Waals surface area contributed by atoms with Crippen molar-refractivity contribution in [1.82, 2.24) is 0 Å². The molecule has 0 aromatic heterocycles. The van der Waals surface area contributed by atoms with E-state index in [0.29, 0.717) is 5.92 Å². The number of aryl methyl sites for hydroxylation is 2. The normalized spacial score (nSPS) is 15.1. The highest BCUT2D eigenvalue weighted by molar-refractivity contribution is 6.21. The van der Waals surface area contributed by atoms with E-state index in [4.69, 9.17) is 11.6 Å². The van der Waals surface area contributed by atoms with E-state index in [2.05, 4.69) is 13.8 Å². The maximum Gasteiger partial charge on any atom is 0.123 e. The number of rotatable bonds is 3. The summed E-state index contributed by atoms with van der Waals surface area (Å²) < 4.78 is 13.1. The van der Waals surface area contributed by atoms with Gasteiger partial charge in [0.25, 0.3) is 0 Å². The first kappa shape index (κ1) is 12.5. The van der Waals surface area contributed by atoms with Gasteiger partial charge in [-0.25, -0.2) is 4.39 Å². The average Bonchev–Trinajstić information content (AvgIpc) is 2.14. The summed E-state index contributed by atoms with van der Waals surface area (Å²) >= 11 is 6.40. The minimum absolute atomic E-state index is 0.0180. The Balaban J connectivity index is 3.13. The number of hydrogen-bond acceptors (Lipinski definition) is 0. The van der Waals surface area contributed by atoms with Crippen LogP contribution < -0.4 is 0 Å². The molecule has 0 nitrogen and oxygen atoms in total. The Hall–Kier alpha value is -0.560. The summed E-state index contributed by atoms with van der Waals surface area (Å²) in [5.74, 6) is 0.233. The van der Waals surface area contributed by atoms with Crippen LogP contribution in [0.4, 0.5) is 4.39 Å². The van der Waals surface area contributed by atoms with Gasteiger partial charge in [-0.2, -0.15) is 0 Å². The second-order valence-electron chi connectivity index (χ2n) is 4.24. The fourth-order valence-electron chi connectivity index (χ4n) is 1.85. The largest absolute Gasteiger partial charge is 0.207 e. The van der Waals surface area contributed by atoms with Crippen molar-refractivity contribution >= 4 is 11.6 Å². The van der Waals surface area contributed by atoms with Crippen molar-refractivity contribution < 1.29 is 4.39 Å². The average molecular weight is 229 g/mol. The first-order valence-corrected chi connectivity index (χ1v) is 5.81. The molecule has 0 amide bonds. The number of hydrogen-bond donors (Lipinski definition) is 0. The SMILES string of the molecule is CCC(C)C(Cl)c1c(C)cc(F)cc1C. The van der Waals surface area contributed by atoms with E-state index < -0.39 is 0 Å². The summed E-state index contributed by atoms with van der Waals surface area (Å²) in [6, 6.07) is 3.11. The Morgan fingerprint density at radius 3 is 2.13 bits per heavy atom. The molecule has 1 rings (SSSR count). The van der Waals surface area contributed by atoms with E-state index in [1.54, 1.807) is 12.1 Å². The lowest BCUT2D eigenvalue weighted by Gasteiger charge is -2.21. The Kier molecular flexibility index (Phi) is 4.15. The predicted octanol–water partition coefficient (Wildman–Crippen LogP) is 4.77. The highest BCUT2D eigenvalue weighted by Gasteiger charge is 2.19. The van der Waals surface area contributed by atoms with Crippen LogP contribution in [0.2, 0.25) is 0 Å². The van der Waals surface area contributed by atoms with Gasteiger partial charge in [0.15, 0.2) is 0 Å². The smallest absolute Gasteiger partial charge is 0.123 e. The molecule has 0 aliphatic carbocycles. The van der Waals surface area contributed by atoms with Gasteiger partial charge in [0, 0.05) is 0 Å². The summed E-state index contributed by atoms with van der Waals surface area (Å²) in [5.41, 5.74) is 2.99. The van der Waals surface area contributed by atoms with Crippen molar-refractivity contribution in [2.24, 2.45) is 5.92 Å². The van der Waals surface area contributed by atoms with Gasteiger partial charge >= 0.3 is 0 Å². The molecule has 0 spiro atoms. The molecule has 2 unspecified atom stereocenters. The fraction of sp³-hybridized carbons (Fsp3) is 0.538. The van der Waals surface area contributed by atoms with E-state index in [9.17, 15) is 4.39 Å². The molecule has 84 valence electrons. The standard InChI is InChI=1S/C13H18ClF/c1-5-8(2)13(14)12-9(3)6-11(15)7-10(12)4/h6-8,13H,5H2,1-4H3. The molecule has 0 radical (unpaired) electrons. The minimum atomic E-state index is -0.179. The van der Waals surface area contributed by atoms with Crippen LogP contribution in [0.25, 0.3) is 0 Å². The van der Waals surface area contributed by atoms with Crippen molar-refractivity contribution in [2.45, 2.75) is 39.5 Å². The van der Waals surface area contributed by atoms with Crippen LogP contribution in [-0.4, -0.2) is 0 Å². The second kappa shape index (κ2) is 4.98. The third-order valence-electron chi connectivity index (χ3n) is 2.98. The van der Waals surface area contributed by atoms with Gasteiger partial charge in [0.1, 0.15) is 5.82 Å². The zero-order valence-electron chi connectivity index (χ0n) is 9.77. The van der Waals surface area contributed by atoms with Gasteiger partial charge in [-0.3, -0.25) is 0 Å². The molecular formula is C13H18ClF. The topological polar surface area (TPSA) is 0 Å². The summed E-state index contributed by atoms with van der Waals surface area (Å²) in [6.45, 7) is 8.08. The third-order valence-corrected chi connectivity index (χ3v) is 3.63. The summed E-state index contributed by atoms with van der Waals surface area (Å²) in [5, 5.41) is -0.0180. The van der Waals surface area contributed by atoms with Crippen LogP contribution in [0.15, 0.2) is 12.1 Å².